The van der Waals surface area contributed by atoms with Crippen LogP contribution < -0.4 is 0 Å². The van der Waals surface area contributed by atoms with Crippen molar-refractivity contribution in [2.45, 2.75) is 38.6 Å². The van der Waals surface area contributed by atoms with Gasteiger partial charge in [-0.25, -0.2) is 0 Å². The van der Waals surface area contributed by atoms with Crippen molar-refractivity contribution in [3.05, 3.63) is 0 Å². The van der Waals surface area contributed by atoms with E-state index in [1.54, 1.807) is 0 Å². The molecule has 13 heavy (non-hydrogen) atoms. The first-order valence-corrected chi connectivity index (χ1v) is 5.08. The summed E-state index contributed by atoms with van der Waals surface area (Å²) in [6.45, 7) is 3.08. The Morgan fingerprint density at radius 2 is 2.31 bits per heavy atom. The number of carboxylic acid groups (broad SMARTS) is 1. The molecule has 0 aliphatic carbocycles. The lowest BCUT2D eigenvalue weighted by Gasteiger charge is -2.35. The number of nitrogens with zero attached hydrogens (tertiary/aromatic N) is 1. The van der Waals surface area contributed by atoms with Crippen LogP contribution in [0.5, 0.6) is 0 Å². The van der Waals surface area contributed by atoms with Crippen LogP contribution in [0, 0.1) is 5.92 Å². The van der Waals surface area contributed by atoms with E-state index >= 15 is 0 Å². The van der Waals surface area contributed by atoms with Crippen molar-refractivity contribution in [1.29, 1.82) is 0 Å². The summed E-state index contributed by atoms with van der Waals surface area (Å²) < 4.78 is 0. The maximum atomic E-state index is 10.8. The van der Waals surface area contributed by atoms with Gasteiger partial charge in [-0.2, -0.15) is 0 Å². The highest BCUT2D eigenvalue weighted by Gasteiger charge is 2.29. The highest BCUT2D eigenvalue weighted by atomic mass is 16.4. The molecule has 0 aromatic heterocycles. The first-order chi connectivity index (χ1) is 6.15. The van der Waals surface area contributed by atoms with Crippen LogP contribution in [0.2, 0.25) is 0 Å². The van der Waals surface area contributed by atoms with Gasteiger partial charge in [0, 0.05) is 6.04 Å². The normalized spacial score (nSPS) is 30.3. The number of hydrogen-bond donors (Lipinski definition) is 1. The van der Waals surface area contributed by atoms with Crippen LogP contribution >= 0.6 is 0 Å². The van der Waals surface area contributed by atoms with E-state index in [1.807, 2.05) is 0 Å². The van der Waals surface area contributed by atoms with Crippen molar-refractivity contribution in [2.75, 3.05) is 13.6 Å². The molecule has 1 aliphatic rings. The monoisotopic (exact) mass is 185 g/mol. The second-order valence-corrected chi connectivity index (χ2v) is 3.98. The van der Waals surface area contributed by atoms with Crippen LogP contribution in [-0.4, -0.2) is 35.6 Å². The van der Waals surface area contributed by atoms with Gasteiger partial charge in [-0.3, -0.25) is 4.79 Å². The molecule has 0 radical (unpaired) electrons. The van der Waals surface area contributed by atoms with Gasteiger partial charge in [0.25, 0.3) is 0 Å². The Hall–Kier alpha value is -0.570. The number of carboxylic acids is 1. The number of aliphatic carboxylic acids is 1. The molecule has 0 aromatic carbocycles. The second kappa shape index (κ2) is 4.61. The molecule has 76 valence electrons. The van der Waals surface area contributed by atoms with E-state index in [0.29, 0.717) is 6.04 Å². The highest BCUT2D eigenvalue weighted by molar-refractivity contribution is 5.70. The molecule has 2 unspecified atom stereocenters. The van der Waals surface area contributed by atoms with Crippen molar-refractivity contribution < 1.29 is 9.90 Å². The largest absolute Gasteiger partial charge is 0.481 e. The second-order valence-electron chi connectivity index (χ2n) is 3.98. The number of rotatable bonds is 3. The first kappa shape index (κ1) is 10.5. The van der Waals surface area contributed by atoms with Gasteiger partial charge in [0.1, 0.15) is 0 Å². The van der Waals surface area contributed by atoms with E-state index in [1.165, 1.54) is 0 Å². The number of carbonyl (C=O) groups is 1. The summed E-state index contributed by atoms with van der Waals surface area (Å²) in [5, 5.41) is 8.89. The van der Waals surface area contributed by atoms with Gasteiger partial charge < -0.3 is 10.0 Å². The van der Waals surface area contributed by atoms with Crippen molar-refractivity contribution in [1.82, 2.24) is 4.90 Å². The van der Waals surface area contributed by atoms with Crippen LogP contribution in [0.1, 0.15) is 32.6 Å². The zero-order valence-electron chi connectivity index (χ0n) is 8.49. The quantitative estimate of drug-likeness (QED) is 0.725. The lowest BCUT2D eigenvalue weighted by molar-refractivity contribution is -0.144. The Morgan fingerprint density at radius 1 is 1.62 bits per heavy atom. The van der Waals surface area contributed by atoms with E-state index in [0.717, 1.165) is 32.2 Å². The molecule has 1 saturated heterocycles. The first-order valence-electron chi connectivity index (χ1n) is 5.08. The Kier molecular flexibility index (Phi) is 3.72. The van der Waals surface area contributed by atoms with Crippen LogP contribution in [-0.2, 0) is 4.79 Å². The van der Waals surface area contributed by atoms with Crippen LogP contribution in [0.3, 0.4) is 0 Å². The van der Waals surface area contributed by atoms with Gasteiger partial charge in [-0.1, -0.05) is 13.3 Å². The average molecular weight is 185 g/mol. The molecule has 1 heterocycles. The number of piperidine rings is 1. The van der Waals surface area contributed by atoms with Gasteiger partial charge in [-0.15, -0.1) is 0 Å². The summed E-state index contributed by atoms with van der Waals surface area (Å²) in [6, 6.07) is 0.486. The molecule has 0 bridgehead atoms. The Labute approximate surface area is 79.7 Å². The Balaban J connectivity index is 2.47. The molecule has 1 N–H and O–H groups in total. The molecule has 1 rings (SSSR count). The third-order valence-electron chi connectivity index (χ3n) is 2.98. The summed E-state index contributed by atoms with van der Waals surface area (Å²) in [7, 11) is 2.10. The van der Waals surface area contributed by atoms with Gasteiger partial charge in [0.05, 0.1) is 5.92 Å². The van der Waals surface area contributed by atoms with Gasteiger partial charge in [-0.05, 0) is 32.9 Å². The molecule has 0 saturated carbocycles. The van der Waals surface area contributed by atoms with Crippen LogP contribution in [0.4, 0.5) is 0 Å². The predicted molar refractivity (Wildman–Crippen MR) is 51.7 cm³/mol. The van der Waals surface area contributed by atoms with E-state index in [-0.39, 0.29) is 5.92 Å². The zero-order chi connectivity index (χ0) is 9.84. The van der Waals surface area contributed by atoms with E-state index in [9.17, 15) is 4.79 Å². The maximum Gasteiger partial charge on any atom is 0.306 e. The van der Waals surface area contributed by atoms with Crippen molar-refractivity contribution >= 4 is 5.97 Å². The standard InChI is InChI=1S/C10H19NO2/c1-3-4-9-7-8(10(12)13)5-6-11(9)2/h8-9H,3-7H2,1-2H3,(H,12,13). The van der Waals surface area contributed by atoms with Crippen molar-refractivity contribution in [2.24, 2.45) is 5.92 Å². The summed E-state index contributed by atoms with van der Waals surface area (Å²) in [5.74, 6) is -0.720. The van der Waals surface area contributed by atoms with E-state index in [2.05, 4.69) is 18.9 Å². The highest BCUT2D eigenvalue weighted by Crippen LogP contribution is 2.24. The molecule has 2 atom stereocenters. The van der Waals surface area contributed by atoms with Gasteiger partial charge >= 0.3 is 5.97 Å². The molecule has 1 fully saturated rings. The van der Waals surface area contributed by atoms with E-state index in [4.69, 9.17) is 5.11 Å². The lowest BCUT2D eigenvalue weighted by Crippen LogP contribution is -2.41. The minimum atomic E-state index is -0.616. The van der Waals surface area contributed by atoms with Crippen LogP contribution in [0.25, 0.3) is 0 Å². The molecule has 3 nitrogen and oxygen atoms in total. The SMILES string of the molecule is CCCC1CC(C(=O)O)CCN1C. The lowest BCUT2D eigenvalue weighted by atomic mass is 9.89. The molecule has 1 aliphatic heterocycles. The fourth-order valence-electron chi connectivity index (χ4n) is 2.06. The summed E-state index contributed by atoms with van der Waals surface area (Å²) in [6.07, 6.45) is 3.91. The predicted octanol–water partition coefficient (Wildman–Crippen LogP) is 1.58. The molecular formula is C10H19NO2. The molecular weight excluding hydrogens is 166 g/mol. The minimum Gasteiger partial charge on any atom is -0.481 e. The summed E-state index contributed by atoms with van der Waals surface area (Å²) in [4.78, 5) is 13.1. The fourth-order valence-corrected chi connectivity index (χ4v) is 2.06. The number of likely N-dealkylation sites (tertiary alicyclic amines) is 1. The zero-order valence-corrected chi connectivity index (χ0v) is 8.49. The summed E-state index contributed by atoms with van der Waals surface area (Å²) in [5.41, 5.74) is 0. The van der Waals surface area contributed by atoms with Crippen LogP contribution in [0.15, 0.2) is 0 Å². The van der Waals surface area contributed by atoms with Crippen molar-refractivity contribution in [3.8, 4) is 0 Å². The van der Waals surface area contributed by atoms with Gasteiger partial charge in [0.15, 0.2) is 0 Å². The molecule has 0 spiro atoms. The average Bonchev–Trinajstić information content (AvgIpc) is 2.08. The van der Waals surface area contributed by atoms with Gasteiger partial charge in [0.2, 0.25) is 0 Å². The maximum absolute atomic E-state index is 10.8. The van der Waals surface area contributed by atoms with Crippen molar-refractivity contribution in [3.63, 3.8) is 0 Å². The molecule has 0 amide bonds. The Morgan fingerprint density at radius 3 is 2.85 bits per heavy atom. The topological polar surface area (TPSA) is 40.5 Å². The number of hydrogen-bond acceptors (Lipinski definition) is 2. The summed E-state index contributed by atoms with van der Waals surface area (Å²) >= 11 is 0. The van der Waals surface area contributed by atoms with E-state index < -0.39 is 5.97 Å². The Bertz CT molecular complexity index is 182. The smallest absolute Gasteiger partial charge is 0.306 e. The third-order valence-corrected chi connectivity index (χ3v) is 2.98. The minimum absolute atomic E-state index is 0.104. The third kappa shape index (κ3) is 2.69. The molecule has 3 heteroatoms. The fraction of sp³-hybridized carbons (Fsp3) is 0.900. The molecule has 0 aromatic rings.